The minimum atomic E-state index is -0.564. The number of benzene rings is 1. The Hall–Kier alpha value is -1.78. The van der Waals surface area contributed by atoms with Gasteiger partial charge in [0, 0.05) is 32.1 Å². The maximum Gasteiger partial charge on any atom is 0.149 e. The maximum atomic E-state index is 13.5. The lowest BCUT2D eigenvalue weighted by Crippen LogP contribution is -2.28. The van der Waals surface area contributed by atoms with Crippen LogP contribution in [0.4, 0.5) is 14.5 Å². The molecule has 1 aliphatic rings. The van der Waals surface area contributed by atoms with Gasteiger partial charge in [-0.3, -0.25) is 0 Å². The van der Waals surface area contributed by atoms with Crippen molar-refractivity contribution >= 4 is 5.69 Å². The molecule has 0 radical (unpaired) electrons. The summed E-state index contributed by atoms with van der Waals surface area (Å²) in [5, 5.41) is 3.01. The van der Waals surface area contributed by atoms with Gasteiger partial charge in [-0.05, 0) is 18.2 Å². The van der Waals surface area contributed by atoms with E-state index >= 15 is 0 Å². The highest BCUT2D eigenvalue weighted by atomic mass is 19.1. The molecule has 1 aliphatic heterocycles. The summed E-state index contributed by atoms with van der Waals surface area (Å²) in [5.41, 5.74) is 5.99. The lowest BCUT2D eigenvalue weighted by Gasteiger charge is -2.22. The summed E-state index contributed by atoms with van der Waals surface area (Å²) in [6, 6.07) is 3.59. The van der Waals surface area contributed by atoms with Crippen molar-refractivity contribution in [3.05, 3.63) is 41.7 Å². The van der Waals surface area contributed by atoms with Crippen molar-refractivity contribution in [2.75, 3.05) is 25.0 Å². The van der Waals surface area contributed by atoms with E-state index in [-0.39, 0.29) is 5.92 Å². The third-order valence-corrected chi connectivity index (χ3v) is 2.81. The Kier molecular flexibility index (Phi) is 3.17. The molecule has 17 heavy (non-hydrogen) atoms. The molecule has 0 unspecified atom stereocenters. The smallest absolute Gasteiger partial charge is 0.149 e. The quantitative estimate of drug-likeness (QED) is 0.838. The van der Waals surface area contributed by atoms with Crippen molar-refractivity contribution < 1.29 is 8.78 Å². The molecule has 0 spiro atoms. The molecule has 0 saturated carbocycles. The van der Waals surface area contributed by atoms with Crippen LogP contribution in [0.2, 0.25) is 0 Å². The predicted molar refractivity (Wildman–Crippen MR) is 63.4 cm³/mol. The summed E-state index contributed by atoms with van der Waals surface area (Å²) >= 11 is 0. The molecule has 92 valence electrons. The fraction of sp³-hybridized carbons (Fsp3) is 0.333. The molecule has 1 heterocycles. The second-order valence-corrected chi connectivity index (χ2v) is 4.24. The third-order valence-electron chi connectivity index (χ3n) is 2.81. The van der Waals surface area contributed by atoms with Gasteiger partial charge in [0.2, 0.25) is 0 Å². The number of hydrogen-bond donors (Lipinski definition) is 2. The van der Waals surface area contributed by atoms with Crippen LogP contribution in [-0.2, 0) is 0 Å². The van der Waals surface area contributed by atoms with Gasteiger partial charge in [0.1, 0.15) is 11.6 Å². The molecule has 3 nitrogen and oxygen atoms in total. The van der Waals surface area contributed by atoms with Gasteiger partial charge >= 0.3 is 0 Å². The number of nitrogens with zero attached hydrogens (tertiary/aromatic N) is 1. The van der Waals surface area contributed by atoms with Crippen molar-refractivity contribution in [1.29, 1.82) is 0 Å². The third kappa shape index (κ3) is 2.67. The number of rotatable bonds is 3. The van der Waals surface area contributed by atoms with E-state index < -0.39 is 11.6 Å². The van der Waals surface area contributed by atoms with Crippen molar-refractivity contribution in [2.45, 2.75) is 0 Å². The SMILES string of the molecule is CN(C[C@H]1C=C(N)NC1)c1ccc(F)cc1F. The summed E-state index contributed by atoms with van der Waals surface area (Å²) in [6.45, 7) is 1.38. The van der Waals surface area contributed by atoms with Crippen molar-refractivity contribution in [2.24, 2.45) is 11.7 Å². The van der Waals surface area contributed by atoms with Gasteiger partial charge in [-0.2, -0.15) is 0 Å². The van der Waals surface area contributed by atoms with Gasteiger partial charge < -0.3 is 16.0 Å². The Balaban J connectivity index is 2.07. The first-order valence-electron chi connectivity index (χ1n) is 5.43. The highest BCUT2D eigenvalue weighted by Crippen LogP contribution is 2.20. The lowest BCUT2D eigenvalue weighted by molar-refractivity contribution is 0.574. The van der Waals surface area contributed by atoms with E-state index in [1.807, 2.05) is 6.08 Å². The van der Waals surface area contributed by atoms with Crippen LogP contribution in [0, 0.1) is 17.6 Å². The normalized spacial score (nSPS) is 18.8. The number of hydrogen-bond acceptors (Lipinski definition) is 3. The Morgan fingerprint density at radius 3 is 2.82 bits per heavy atom. The number of halogens is 2. The van der Waals surface area contributed by atoms with E-state index in [0.717, 1.165) is 12.6 Å². The Bertz CT molecular complexity index is 445. The van der Waals surface area contributed by atoms with Crippen LogP contribution in [0.15, 0.2) is 30.1 Å². The average Bonchev–Trinajstić information content (AvgIpc) is 2.63. The Labute approximate surface area is 98.9 Å². The molecule has 0 saturated heterocycles. The number of anilines is 1. The first-order chi connectivity index (χ1) is 8.06. The minimum Gasteiger partial charge on any atom is -0.386 e. The molecule has 2 rings (SSSR count). The van der Waals surface area contributed by atoms with E-state index in [4.69, 9.17) is 5.73 Å². The zero-order valence-electron chi connectivity index (χ0n) is 9.58. The first-order valence-corrected chi connectivity index (χ1v) is 5.43. The molecule has 3 N–H and O–H groups in total. The minimum absolute atomic E-state index is 0.240. The number of nitrogens with one attached hydrogen (secondary N) is 1. The molecular formula is C12H15F2N3. The summed E-state index contributed by atoms with van der Waals surface area (Å²) in [7, 11) is 1.78. The fourth-order valence-corrected chi connectivity index (χ4v) is 1.98. The van der Waals surface area contributed by atoms with Crippen LogP contribution in [0.3, 0.4) is 0 Å². The van der Waals surface area contributed by atoms with Crippen LogP contribution in [0.25, 0.3) is 0 Å². The van der Waals surface area contributed by atoms with Gasteiger partial charge in [-0.15, -0.1) is 0 Å². The lowest BCUT2D eigenvalue weighted by atomic mass is 10.1. The molecule has 0 bridgehead atoms. The van der Waals surface area contributed by atoms with E-state index in [0.29, 0.717) is 18.1 Å². The monoisotopic (exact) mass is 239 g/mol. The van der Waals surface area contributed by atoms with Crippen LogP contribution in [-0.4, -0.2) is 20.1 Å². The standard InChI is InChI=1S/C12H15F2N3/c1-17(7-8-4-12(15)16-6-8)11-3-2-9(13)5-10(11)14/h2-5,8,16H,6-7,15H2,1H3/t8-/m0/s1. The topological polar surface area (TPSA) is 41.3 Å². The van der Waals surface area contributed by atoms with Crippen molar-refractivity contribution in [3.8, 4) is 0 Å². The van der Waals surface area contributed by atoms with Gasteiger partial charge in [-0.25, -0.2) is 8.78 Å². The molecule has 0 amide bonds. The van der Waals surface area contributed by atoms with E-state index in [1.165, 1.54) is 12.1 Å². The zero-order valence-corrected chi connectivity index (χ0v) is 9.58. The largest absolute Gasteiger partial charge is 0.386 e. The highest BCUT2D eigenvalue weighted by Gasteiger charge is 2.17. The molecule has 1 atom stereocenters. The van der Waals surface area contributed by atoms with E-state index in [1.54, 1.807) is 11.9 Å². The van der Waals surface area contributed by atoms with Crippen molar-refractivity contribution in [3.63, 3.8) is 0 Å². The summed E-state index contributed by atoms with van der Waals surface area (Å²) in [6.07, 6.45) is 1.91. The zero-order chi connectivity index (χ0) is 12.4. The molecule has 1 aromatic carbocycles. The van der Waals surface area contributed by atoms with E-state index in [2.05, 4.69) is 5.32 Å². The highest BCUT2D eigenvalue weighted by molar-refractivity contribution is 5.47. The van der Waals surface area contributed by atoms with Gasteiger partial charge in [0.05, 0.1) is 11.5 Å². The van der Waals surface area contributed by atoms with Crippen LogP contribution in [0.1, 0.15) is 0 Å². The van der Waals surface area contributed by atoms with E-state index in [9.17, 15) is 8.78 Å². The second-order valence-electron chi connectivity index (χ2n) is 4.24. The van der Waals surface area contributed by atoms with Gasteiger partial charge in [0.15, 0.2) is 0 Å². The Morgan fingerprint density at radius 2 is 2.24 bits per heavy atom. The van der Waals surface area contributed by atoms with Crippen LogP contribution < -0.4 is 16.0 Å². The summed E-state index contributed by atoms with van der Waals surface area (Å²) < 4.78 is 26.3. The van der Waals surface area contributed by atoms with Crippen molar-refractivity contribution in [1.82, 2.24) is 5.32 Å². The molecule has 0 fully saturated rings. The number of nitrogens with two attached hydrogens (primary N) is 1. The molecule has 1 aromatic rings. The fourth-order valence-electron chi connectivity index (χ4n) is 1.98. The Morgan fingerprint density at radius 1 is 1.47 bits per heavy atom. The maximum absolute atomic E-state index is 13.5. The average molecular weight is 239 g/mol. The predicted octanol–water partition coefficient (Wildman–Crippen LogP) is 1.42. The molecule has 0 aliphatic carbocycles. The van der Waals surface area contributed by atoms with Gasteiger partial charge in [0.25, 0.3) is 0 Å². The summed E-state index contributed by atoms with van der Waals surface area (Å²) in [5.74, 6) is -0.214. The molecule has 5 heteroatoms. The van der Waals surface area contributed by atoms with Crippen LogP contribution >= 0.6 is 0 Å². The first kappa shape index (κ1) is 11.7. The molecule has 0 aromatic heterocycles. The second kappa shape index (κ2) is 4.61. The van der Waals surface area contributed by atoms with Gasteiger partial charge in [-0.1, -0.05) is 0 Å². The molecular weight excluding hydrogens is 224 g/mol. The summed E-state index contributed by atoms with van der Waals surface area (Å²) in [4.78, 5) is 1.76. The van der Waals surface area contributed by atoms with Crippen LogP contribution in [0.5, 0.6) is 0 Å².